The molecule has 0 unspecified atom stereocenters. The minimum absolute atomic E-state index is 0.0153. The summed E-state index contributed by atoms with van der Waals surface area (Å²) in [7, 11) is 0. The van der Waals surface area contributed by atoms with Gasteiger partial charge in [-0.3, -0.25) is 0 Å². The van der Waals surface area contributed by atoms with Gasteiger partial charge in [0.15, 0.2) is 17.4 Å². The fourth-order valence-electron chi connectivity index (χ4n) is 3.01. The summed E-state index contributed by atoms with van der Waals surface area (Å²) in [6.45, 7) is 1.22. The van der Waals surface area contributed by atoms with Crippen LogP contribution in [0, 0.1) is 11.6 Å². The number of hydrogen-bond acceptors (Lipinski definition) is 7. The van der Waals surface area contributed by atoms with Crippen LogP contribution in [0.5, 0.6) is 11.5 Å². The Morgan fingerprint density at radius 2 is 1.63 bits per heavy atom. The minimum atomic E-state index is -4.66. The van der Waals surface area contributed by atoms with Crippen molar-refractivity contribution < 1.29 is 36.5 Å². The van der Waals surface area contributed by atoms with Crippen molar-refractivity contribution in [1.82, 2.24) is 10.2 Å². The van der Waals surface area contributed by atoms with E-state index in [1.165, 1.54) is 18.2 Å². The topological polar surface area (TPSA) is 90.5 Å². The van der Waals surface area contributed by atoms with E-state index in [4.69, 9.17) is 15.2 Å². The number of para-hydroxylation sites is 1. The highest BCUT2D eigenvalue weighted by molar-refractivity contribution is 7.14. The Hall–Kier alpha value is -2.83. The lowest BCUT2D eigenvalue weighted by atomic mass is 10.1. The van der Waals surface area contributed by atoms with Crippen LogP contribution in [0.2, 0.25) is 0 Å². The summed E-state index contributed by atoms with van der Waals surface area (Å²) >= 11 is 0.998. The maximum Gasteiger partial charge on any atom is 0.419 e. The SMILES string of the molecule is C[C@](N)(CO)c1nnc(-c2ccc(OCCCCCOc3c(F)cccc3F)c(C(F)(F)F)c2)s1. The van der Waals surface area contributed by atoms with Crippen LogP contribution in [0.3, 0.4) is 0 Å². The van der Waals surface area contributed by atoms with E-state index < -0.39 is 41.3 Å². The molecule has 6 nitrogen and oxygen atoms in total. The van der Waals surface area contributed by atoms with Gasteiger partial charge >= 0.3 is 6.18 Å². The zero-order valence-corrected chi connectivity index (χ0v) is 19.6. The highest BCUT2D eigenvalue weighted by Crippen LogP contribution is 2.40. The third-order valence-electron chi connectivity index (χ3n) is 4.99. The molecular formula is C23H24F5N3O3S. The molecule has 0 saturated carbocycles. The van der Waals surface area contributed by atoms with Gasteiger partial charge in [0.1, 0.15) is 15.8 Å². The predicted octanol–water partition coefficient (Wildman–Crippen LogP) is 5.30. The fraction of sp³-hybridized carbons (Fsp3) is 0.391. The number of aliphatic hydroxyl groups excluding tert-OH is 1. The Bertz CT molecular complexity index is 1120. The number of aliphatic hydroxyl groups is 1. The Morgan fingerprint density at radius 1 is 0.971 bits per heavy atom. The summed E-state index contributed by atoms with van der Waals surface area (Å²) in [5, 5.41) is 17.7. The summed E-state index contributed by atoms with van der Waals surface area (Å²) in [5.74, 6) is -2.37. The van der Waals surface area contributed by atoms with E-state index >= 15 is 0 Å². The van der Waals surface area contributed by atoms with Crippen LogP contribution in [-0.4, -0.2) is 35.1 Å². The molecule has 0 fully saturated rings. The molecule has 3 rings (SSSR count). The number of benzene rings is 2. The van der Waals surface area contributed by atoms with Gasteiger partial charge in [0.2, 0.25) is 0 Å². The molecule has 3 aromatic rings. The van der Waals surface area contributed by atoms with Gasteiger partial charge in [-0.2, -0.15) is 13.2 Å². The monoisotopic (exact) mass is 517 g/mol. The summed E-state index contributed by atoms with van der Waals surface area (Å²) in [4.78, 5) is 0. The molecule has 0 aliphatic rings. The number of nitrogens with zero attached hydrogens (tertiary/aromatic N) is 2. The maximum atomic E-state index is 13.7. The zero-order chi connectivity index (χ0) is 25.6. The number of hydrogen-bond donors (Lipinski definition) is 2. The lowest BCUT2D eigenvalue weighted by Gasteiger charge is -2.17. The van der Waals surface area contributed by atoms with Crippen molar-refractivity contribution in [2.75, 3.05) is 19.8 Å². The van der Waals surface area contributed by atoms with Gasteiger partial charge in [-0.05, 0) is 56.5 Å². The van der Waals surface area contributed by atoms with Gasteiger partial charge in [0.25, 0.3) is 0 Å². The molecule has 0 spiro atoms. The van der Waals surface area contributed by atoms with Crippen molar-refractivity contribution in [2.45, 2.75) is 37.9 Å². The molecule has 35 heavy (non-hydrogen) atoms. The predicted molar refractivity (Wildman–Crippen MR) is 120 cm³/mol. The first-order valence-electron chi connectivity index (χ1n) is 10.7. The molecule has 0 saturated heterocycles. The number of nitrogens with two attached hydrogens (primary N) is 1. The number of aromatic nitrogens is 2. The second kappa shape index (κ2) is 11.3. The molecule has 0 aliphatic carbocycles. The largest absolute Gasteiger partial charge is 0.493 e. The number of ether oxygens (including phenoxy) is 2. The smallest absolute Gasteiger partial charge is 0.419 e. The third-order valence-corrected chi connectivity index (χ3v) is 6.24. The van der Waals surface area contributed by atoms with Crippen molar-refractivity contribution in [1.29, 1.82) is 0 Å². The minimum Gasteiger partial charge on any atom is -0.493 e. The summed E-state index contributed by atoms with van der Waals surface area (Å²) < 4.78 is 78.5. The second-order valence-corrected chi connectivity index (χ2v) is 8.98. The third kappa shape index (κ3) is 6.86. The zero-order valence-electron chi connectivity index (χ0n) is 18.7. The molecule has 1 atom stereocenters. The molecule has 0 aliphatic heterocycles. The molecule has 12 heteroatoms. The van der Waals surface area contributed by atoms with Crippen LogP contribution >= 0.6 is 11.3 Å². The van der Waals surface area contributed by atoms with E-state index in [9.17, 15) is 27.1 Å². The number of halogens is 5. The lowest BCUT2D eigenvalue weighted by molar-refractivity contribution is -0.138. The number of rotatable bonds is 11. The van der Waals surface area contributed by atoms with Crippen molar-refractivity contribution >= 4 is 11.3 Å². The van der Waals surface area contributed by atoms with Gasteiger partial charge in [0, 0.05) is 5.56 Å². The van der Waals surface area contributed by atoms with Crippen LogP contribution in [0.25, 0.3) is 10.6 Å². The quantitative estimate of drug-likeness (QED) is 0.265. The summed E-state index contributed by atoms with van der Waals surface area (Å²) in [5.41, 5.74) is 4.00. The Morgan fingerprint density at radius 3 is 2.26 bits per heavy atom. The average molecular weight is 518 g/mol. The highest BCUT2D eigenvalue weighted by atomic mass is 32.1. The van der Waals surface area contributed by atoms with Crippen LogP contribution in [0.15, 0.2) is 36.4 Å². The van der Waals surface area contributed by atoms with E-state index in [0.717, 1.165) is 29.5 Å². The van der Waals surface area contributed by atoms with Gasteiger partial charge in [0.05, 0.1) is 30.9 Å². The van der Waals surface area contributed by atoms with Crippen LogP contribution in [0.1, 0.15) is 36.8 Å². The lowest BCUT2D eigenvalue weighted by Crippen LogP contribution is -2.36. The first kappa shape index (κ1) is 26.8. The number of alkyl halides is 3. The first-order valence-corrected chi connectivity index (χ1v) is 11.5. The maximum absolute atomic E-state index is 13.7. The fourth-order valence-corrected chi connectivity index (χ4v) is 3.90. The van der Waals surface area contributed by atoms with Crippen LogP contribution in [0.4, 0.5) is 22.0 Å². The van der Waals surface area contributed by atoms with Crippen LogP contribution in [-0.2, 0) is 11.7 Å². The molecule has 3 N–H and O–H groups in total. The molecular weight excluding hydrogens is 493 g/mol. The Labute approximate surface area is 202 Å². The van der Waals surface area contributed by atoms with Crippen molar-refractivity contribution in [3.8, 4) is 22.1 Å². The van der Waals surface area contributed by atoms with Gasteiger partial charge in [-0.25, -0.2) is 8.78 Å². The van der Waals surface area contributed by atoms with Crippen molar-refractivity contribution in [2.24, 2.45) is 5.73 Å². The van der Waals surface area contributed by atoms with E-state index in [0.29, 0.717) is 24.3 Å². The first-order chi connectivity index (χ1) is 16.5. The van der Waals surface area contributed by atoms with E-state index in [1.54, 1.807) is 6.92 Å². The summed E-state index contributed by atoms with van der Waals surface area (Å²) in [6.07, 6.45) is -3.29. The highest BCUT2D eigenvalue weighted by Gasteiger charge is 2.35. The molecule has 0 amide bonds. The van der Waals surface area contributed by atoms with Gasteiger partial charge in [-0.15, -0.1) is 10.2 Å². The van der Waals surface area contributed by atoms with Crippen molar-refractivity contribution in [3.63, 3.8) is 0 Å². The molecule has 1 heterocycles. The molecule has 1 aromatic heterocycles. The second-order valence-electron chi connectivity index (χ2n) is 8.01. The van der Waals surface area contributed by atoms with Crippen LogP contribution < -0.4 is 15.2 Å². The normalized spacial score (nSPS) is 13.5. The number of unbranched alkanes of at least 4 members (excludes halogenated alkanes) is 2. The summed E-state index contributed by atoms with van der Waals surface area (Å²) in [6, 6.07) is 7.00. The van der Waals surface area contributed by atoms with Gasteiger partial charge < -0.3 is 20.3 Å². The van der Waals surface area contributed by atoms with E-state index in [2.05, 4.69) is 10.2 Å². The molecule has 0 radical (unpaired) electrons. The molecule has 190 valence electrons. The van der Waals surface area contributed by atoms with Gasteiger partial charge in [-0.1, -0.05) is 17.4 Å². The van der Waals surface area contributed by atoms with E-state index in [1.807, 2.05) is 0 Å². The van der Waals surface area contributed by atoms with E-state index in [-0.39, 0.29) is 29.5 Å². The standard InChI is InChI=1S/C23H24F5N3O3S/c1-22(29,13-32)21-31-30-20(35-21)14-8-9-18(15(12-14)23(26,27)28)33-10-3-2-4-11-34-19-16(24)6-5-7-17(19)25/h5-9,12,32H,2-4,10-11,13,29H2,1H3/t22-/m0/s1. The molecule has 0 bridgehead atoms. The van der Waals surface area contributed by atoms with Crippen molar-refractivity contribution in [3.05, 3.63) is 58.6 Å². The Balaban J connectivity index is 1.57. The molecule has 2 aromatic carbocycles. The Kier molecular flexibility index (Phi) is 8.62. The average Bonchev–Trinajstić information content (AvgIpc) is 3.31.